The molecule has 108 valence electrons. The summed E-state index contributed by atoms with van der Waals surface area (Å²) in [4.78, 5) is 2.30. The Kier molecular flexibility index (Phi) is 4.14. The second kappa shape index (κ2) is 5.52. The Bertz CT molecular complexity index is 609. The lowest BCUT2D eigenvalue weighted by Crippen LogP contribution is -2.53. The molecule has 0 spiro atoms. The van der Waals surface area contributed by atoms with Crippen LogP contribution in [0.15, 0.2) is 29.2 Å². The first-order valence-corrected chi connectivity index (χ1v) is 8.06. The molecule has 0 radical (unpaired) electrons. The van der Waals surface area contributed by atoms with Crippen LogP contribution in [-0.2, 0) is 10.0 Å². The molecule has 6 heteroatoms. The topological polar surface area (TPSA) is 73.2 Å². The molecule has 20 heavy (non-hydrogen) atoms. The van der Waals surface area contributed by atoms with Crippen LogP contribution in [0, 0.1) is 18.3 Å². The van der Waals surface area contributed by atoms with Crippen LogP contribution in [0.5, 0.6) is 0 Å². The number of nitriles is 1. The molecule has 0 atom stereocenters. The maximum Gasteiger partial charge on any atom is 0.241 e. The highest BCUT2D eigenvalue weighted by Crippen LogP contribution is 2.23. The standard InChI is InChI=1S/C14H19N3O2S/c1-12-3-5-13(6-4-12)20(18,19)16-14(11-15)7-9-17(2)10-8-14/h3-6,16H,7-10H2,1-2H3. The van der Waals surface area contributed by atoms with Crippen LogP contribution in [0.2, 0.25) is 0 Å². The van der Waals surface area contributed by atoms with Gasteiger partial charge in [-0.2, -0.15) is 9.98 Å². The summed E-state index contributed by atoms with van der Waals surface area (Å²) in [5.74, 6) is 0. The smallest absolute Gasteiger partial charge is 0.241 e. The van der Waals surface area contributed by atoms with Gasteiger partial charge in [-0.25, -0.2) is 8.42 Å². The normalized spacial score (nSPS) is 19.4. The first-order valence-electron chi connectivity index (χ1n) is 6.57. The van der Waals surface area contributed by atoms with Crippen LogP contribution in [0.4, 0.5) is 0 Å². The fourth-order valence-electron chi connectivity index (χ4n) is 2.27. The molecule has 1 N–H and O–H groups in total. The molecular formula is C14H19N3O2S. The Morgan fingerprint density at radius 1 is 1.25 bits per heavy atom. The van der Waals surface area contributed by atoms with Crippen molar-refractivity contribution in [3.8, 4) is 6.07 Å². The van der Waals surface area contributed by atoms with Crippen molar-refractivity contribution in [2.24, 2.45) is 0 Å². The largest absolute Gasteiger partial charge is 0.306 e. The Morgan fingerprint density at radius 2 is 1.80 bits per heavy atom. The highest BCUT2D eigenvalue weighted by molar-refractivity contribution is 7.89. The van der Waals surface area contributed by atoms with Crippen LogP contribution in [0.1, 0.15) is 18.4 Å². The quantitative estimate of drug-likeness (QED) is 0.910. The van der Waals surface area contributed by atoms with Crippen molar-refractivity contribution in [1.29, 1.82) is 5.26 Å². The van der Waals surface area contributed by atoms with Crippen molar-refractivity contribution >= 4 is 10.0 Å². The fraction of sp³-hybridized carbons (Fsp3) is 0.500. The zero-order chi connectivity index (χ0) is 14.8. The first-order chi connectivity index (χ1) is 9.37. The van der Waals surface area contributed by atoms with Gasteiger partial charge in [0.15, 0.2) is 0 Å². The van der Waals surface area contributed by atoms with E-state index in [0.29, 0.717) is 25.9 Å². The molecule has 0 bridgehead atoms. The average Bonchev–Trinajstić information content (AvgIpc) is 2.42. The predicted octanol–water partition coefficient (Wildman–Crippen LogP) is 1.26. The van der Waals surface area contributed by atoms with E-state index in [9.17, 15) is 13.7 Å². The molecule has 0 aromatic heterocycles. The van der Waals surface area contributed by atoms with E-state index in [2.05, 4.69) is 15.7 Å². The third-order valence-electron chi connectivity index (χ3n) is 3.72. The summed E-state index contributed by atoms with van der Waals surface area (Å²) in [6, 6.07) is 8.80. The van der Waals surface area contributed by atoms with Gasteiger partial charge in [0.05, 0.1) is 11.0 Å². The first kappa shape index (κ1) is 15.0. The summed E-state index contributed by atoms with van der Waals surface area (Å²) < 4.78 is 27.4. The minimum Gasteiger partial charge on any atom is -0.306 e. The number of nitrogens with zero attached hydrogens (tertiary/aromatic N) is 2. The van der Waals surface area contributed by atoms with E-state index < -0.39 is 15.6 Å². The summed E-state index contributed by atoms with van der Waals surface area (Å²) >= 11 is 0. The van der Waals surface area contributed by atoms with Gasteiger partial charge >= 0.3 is 0 Å². The maximum atomic E-state index is 12.4. The van der Waals surface area contributed by atoms with Gasteiger partial charge in [-0.1, -0.05) is 17.7 Å². The van der Waals surface area contributed by atoms with E-state index in [1.54, 1.807) is 24.3 Å². The SMILES string of the molecule is Cc1ccc(S(=O)(=O)NC2(C#N)CCN(C)CC2)cc1. The average molecular weight is 293 g/mol. The maximum absolute atomic E-state index is 12.4. The number of piperidine rings is 1. The molecule has 1 fully saturated rings. The highest BCUT2D eigenvalue weighted by Gasteiger charge is 2.38. The Hall–Kier alpha value is -1.42. The number of likely N-dealkylation sites (tertiary alicyclic amines) is 1. The van der Waals surface area contributed by atoms with Gasteiger partial charge in [0.1, 0.15) is 5.54 Å². The van der Waals surface area contributed by atoms with E-state index in [1.807, 2.05) is 14.0 Å². The third-order valence-corrected chi connectivity index (χ3v) is 5.27. The third kappa shape index (κ3) is 3.18. The molecule has 1 saturated heterocycles. The van der Waals surface area contributed by atoms with E-state index >= 15 is 0 Å². The molecule has 1 aromatic rings. The van der Waals surface area contributed by atoms with Gasteiger partial charge in [0.2, 0.25) is 10.0 Å². The molecule has 0 aliphatic carbocycles. The summed E-state index contributed by atoms with van der Waals surface area (Å²) in [5.41, 5.74) is 0.00852. The summed E-state index contributed by atoms with van der Waals surface area (Å²) in [5, 5.41) is 9.39. The van der Waals surface area contributed by atoms with E-state index in [-0.39, 0.29) is 4.90 Å². The van der Waals surface area contributed by atoms with Crippen molar-refractivity contribution < 1.29 is 8.42 Å². The number of hydrogen-bond donors (Lipinski definition) is 1. The molecule has 5 nitrogen and oxygen atoms in total. The number of nitrogens with one attached hydrogen (secondary N) is 1. The highest BCUT2D eigenvalue weighted by atomic mass is 32.2. The lowest BCUT2D eigenvalue weighted by molar-refractivity contribution is 0.213. The Labute approximate surface area is 120 Å². The number of aryl methyl sites for hydroxylation is 1. The number of hydrogen-bond acceptors (Lipinski definition) is 4. The van der Waals surface area contributed by atoms with Crippen LogP contribution in [0.3, 0.4) is 0 Å². The Balaban J connectivity index is 2.23. The summed E-state index contributed by atoms with van der Waals surface area (Å²) in [7, 11) is -1.69. The second-order valence-electron chi connectivity index (χ2n) is 5.42. The van der Waals surface area contributed by atoms with Gasteiger partial charge < -0.3 is 4.90 Å². The summed E-state index contributed by atoms with van der Waals surface area (Å²) in [6.07, 6.45) is 1.01. The van der Waals surface area contributed by atoms with Crippen molar-refractivity contribution in [2.75, 3.05) is 20.1 Å². The van der Waals surface area contributed by atoms with Crippen LogP contribution in [0.25, 0.3) is 0 Å². The number of rotatable bonds is 3. The molecule has 2 rings (SSSR count). The lowest BCUT2D eigenvalue weighted by atomic mass is 9.91. The zero-order valence-electron chi connectivity index (χ0n) is 11.8. The van der Waals surface area contributed by atoms with Crippen molar-refractivity contribution in [1.82, 2.24) is 9.62 Å². The zero-order valence-corrected chi connectivity index (χ0v) is 12.6. The minimum atomic E-state index is -3.66. The lowest BCUT2D eigenvalue weighted by Gasteiger charge is -2.35. The van der Waals surface area contributed by atoms with Crippen molar-refractivity contribution in [2.45, 2.75) is 30.2 Å². The fourth-order valence-corrected chi connectivity index (χ4v) is 3.65. The summed E-state index contributed by atoms with van der Waals surface area (Å²) in [6.45, 7) is 3.32. The molecule has 1 aromatic carbocycles. The molecule has 1 aliphatic rings. The van der Waals surface area contributed by atoms with Crippen molar-refractivity contribution in [3.63, 3.8) is 0 Å². The van der Waals surface area contributed by atoms with Gasteiger partial charge in [0.25, 0.3) is 0 Å². The van der Waals surface area contributed by atoms with Gasteiger partial charge in [-0.05, 0) is 38.9 Å². The number of sulfonamides is 1. The molecular weight excluding hydrogens is 274 g/mol. The molecule has 0 amide bonds. The van der Waals surface area contributed by atoms with Gasteiger partial charge in [0, 0.05) is 13.1 Å². The number of benzene rings is 1. The molecule has 0 unspecified atom stereocenters. The second-order valence-corrected chi connectivity index (χ2v) is 7.10. The minimum absolute atomic E-state index is 0.205. The molecule has 1 aliphatic heterocycles. The monoisotopic (exact) mass is 293 g/mol. The van der Waals surface area contributed by atoms with Crippen LogP contribution >= 0.6 is 0 Å². The Morgan fingerprint density at radius 3 is 2.30 bits per heavy atom. The van der Waals surface area contributed by atoms with Crippen molar-refractivity contribution in [3.05, 3.63) is 29.8 Å². The predicted molar refractivity (Wildman–Crippen MR) is 76.6 cm³/mol. The van der Waals surface area contributed by atoms with E-state index in [1.165, 1.54) is 0 Å². The van der Waals surface area contributed by atoms with Gasteiger partial charge in [-0.3, -0.25) is 0 Å². The van der Waals surface area contributed by atoms with E-state index in [4.69, 9.17) is 0 Å². The van der Waals surface area contributed by atoms with E-state index in [0.717, 1.165) is 5.56 Å². The molecule has 0 saturated carbocycles. The van der Waals surface area contributed by atoms with Crippen LogP contribution in [-0.4, -0.2) is 39.0 Å². The molecule has 1 heterocycles. The van der Waals surface area contributed by atoms with Gasteiger partial charge in [-0.15, -0.1) is 0 Å². The van der Waals surface area contributed by atoms with Crippen LogP contribution < -0.4 is 4.72 Å².